The van der Waals surface area contributed by atoms with Gasteiger partial charge in [0.15, 0.2) is 0 Å². The number of aliphatic carboxylic acids is 1. The predicted octanol–water partition coefficient (Wildman–Crippen LogP) is 3.29. The highest BCUT2D eigenvalue weighted by atomic mass is 32.1. The van der Waals surface area contributed by atoms with Crippen molar-refractivity contribution in [2.45, 2.75) is 45.4 Å². The Morgan fingerprint density at radius 1 is 1.30 bits per heavy atom. The molecule has 7 heteroatoms. The predicted molar refractivity (Wildman–Crippen MR) is 86.7 cm³/mol. The minimum Gasteiger partial charge on any atom is -0.481 e. The molecule has 0 spiro atoms. The molecule has 126 valence electrons. The first kappa shape index (κ1) is 17.5. The van der Waals surface area contributed by atoms with Crippen molar-refractivity contribution in [2.75, 3.05) is 11.9 Å². The SMILES string of the molecule is CCOC(=O)c1ccsc1NC(=O)CC1(C(=O)O)CCCCC1. The van der Waals surface area contributed by atoms with Crippen LogP contribution < -0.4 is 5.32 Å². The molecule has 23 heavy (non-hydrogen) atoms. The molecule has 0 bridgehead atoms. The number of esters is 1. The topological polar surface area (TPSA) is 92.7 Å². The van der Waals surface area contributed by atoms with Gasteiger partial charge < -0.3 is 15.2 Å². The lowest BCUT2D eigenvalue weighted by molar-refractivity contribution is -0.153. The third-order valence-electron chi connectivity index (χ3n) is 4.18. The molecular weight excluding hydrogens is 318 g/mol. The smallest absolute Gasteiger partial charge is 0.341 e. The molecule has 0 unspecified atom stereocenters. The number of hydrogen-bond donors (Lipinski definition) is 2. The molecule has 6 nitrogen and oxygen atoms in total. The Kier molecular flexibility index (Phi) is 5.76. The van der Waals surface area contributed by atoms with Crippen LogP contribution in [0.2, 0.25) is 0 Å². The average Bonchev–Trinajstić information content (AvgIpc) is 2.96. The molecule has 0 aromatic carbocycles. The van der Waals surface area contributed by atoms with Gasteiger partial charge >= 0.3 is 11.9 Å². The summed E-state index contributed by atoms with van der Waals surface area (Å²) in [5, 5.41) is 14.3. The molecule has 0 aliphatic heterocycles. The number of amides is 1. The van der Waals surface area contributed by atoms with Gasteiger partial charge in [0.1, 0.15) is 5.00 Å². The summed E-state index contributed by atoms with van der Waals surface area (Å²) in [6.45, 7) is 1.96. The summed E-state index contributed by atoms with van der Waals surface area (Å²) in [6.07, 6.45) is 3.63. The van der Waals surface area contributed by atoms with E-state index in [2.05, 4.69) is 5.32 Å². The van der Waals surface area contributed by atoms with E-state index < -0.39 is 17.4 Å². The molecular formula is C16H21NO5S. The highest BCUT2D eigenvalue weighted by Gasteiger charge is 2.41. The van der Waals surface area contributed by atoms with Gasteiger partial charge in [0.05, 0.1) is 17.6 Å². The highest BCUT2D eigenvalue weighted by molar-refractivity contribution is 7.14. The van der Waals surface area contributed by atoms with Crippen LogP contribution in [0.5, 0.6) is 0 Å². The molecule has 1 aliphatic carbocycles. The van der Waals surface area contributed by atoms with Crippen LogP contribution in [0.25, 0.3) is 0 Å². The van der Waals surface area contributed by atoms with Gasteiger partial charge in [-0.3, -0.25) is 9.59 Å². The van der Waals surface area contributed by atoms with Crippen LogP contribution in [0, 0.1) is 5.41 Å². The zero-order chi connectivity index (χ0) is 16.9. The van der Waals surface area contributed by atoms with Crippen LogP contribution in [0.4, 0.5) is 5.00 Å². The number of carboxylic acid groups (broad SMARTS) is 1. The van der Waals surface area contributed by atoms with Crippen molar-refractivity contribution in [3.63, 3.8) is 0 Å². The maximum atomic E-state index is 12.3. The molecule has 1 fully saturated rings. The molecule has 1 amide bonds. The Morgan fingerprint density at radius 2 is 2.00 bits per heavy atom. The zero-order valence-electron chi connectivity index (χ0n) is 13.1. The van der Waals surface area contributed by atoms with Crippen molar-refractivity contribution in [3.8, 4) is 0 Å². The van der Waals surface area contributed by atoms with E-state index in [0.717, 1.165) is 19.3 Å². The van der Waals surface area contributed by atoms with Crippen LogP contribution in [-0.2, 0) is 14.3 Å². The van der Waals surface area contributed by atoms with Gasteiger partial charge in [-0.2, -0.15) is 0 Å². The van der Waals surface area contributed by atoms with E-state index >= 15 is 0 Å². The van der Waals surface area contributed by atoms with Crippen LogP contribution in [0.15, 0.2) is 11.4 Å². The van der Waals surface area contributed by atoms with Crippen LogP contribution in [-0.4, -0.2) is 29.6 Å². The van der Waals surface area contributed by atoms with E-state index in [1.807, 2.05) is 0 Å². The summed E-state index contributed by atoms with van der Waals surface area (Å²) in [6, 6.07) is 1.59. The van der Waals surface area contributed by atoms with Crippen molar-refractivity contribution in [1.82, 2.24) is 0 Å². The third kappa shape index (κ3) is 4.10. The van der Waals surface area contributed by atoms with Crippen molar-refractivity contribution in [2.24, 2.45) is 5.41 Å². The number of thiophene rings is 1. The summed E-state index contributed by atoms with van der Waals surface area (Å²) in [5.74, 6) is -1.78. The van der Waals surface area contributed by atoms with Gasteiger partial charge in [-0.25, -0.2) is 4.79 Å². The summed E-state index contributed by atoms with van der Waals surface area (Å²) in [4.78, 5) is 35.7. The van der Waals surface area contributed by atoms with Gasteiger partial charge in [0.2, 0.25) is 5.91 Å². The molecule has 0 saturated heterocycles. The second kappa shape index (κ2) is 7.59. The number of nitrogens with one attached hydrogen (secondary N) is 1. The number of hydrogen-bond acceptors (Lipinski definition) is 5. The molecule has 0 radical (unpaired) electrons. The van der Waals surface area contributed by atoms with E-state index in [-0.39, 0.29) is 18.9 Å². The van der Waals surface area contributed by atoms with Crippen molar-refractivity contribution >= 4 is 34.2 Å². The van der Waals surface area contributed by atoms with Gasteiger partial charge in [0, 0.05) is 6.42 Å². The average molecular weight is 339 g/mol. The lowest BCUT2D eigenvalue weighted by Crippen LogP contribution is -2.37. The van der Waals surface area contributed by atoms with Crippen molar-refractivity contribution in [3.05, 3.63) is 17.0 Å². The van der Waals surface area contributed by atoms with E-state index in [1.54, 1.807) is 18.4 Å². The van der Waals surface area contributed by atoms with E-state index in [0.29, 0.717) is 23.4 Å². The fourth-order valence-electron chi connectivity index (χ4n) is 2.95. The molecule has 1 saturated carbocycles. The van der Waals surface area contributed by atoms with Crippen LogP contribution in [0.1, 0.15) is 55.8 Å². The number of carbonyl (C=O) groups excluding carboxylic acids is 2. The second-order valence-corrected chi connectivity index (χ2v) is 6.67. The summed E-state index contributed by atoms with van der Waals surface area (Å²) in [7, 11) is 0. The first-order valence-electron chi connectivity index (χ1n) is 7.76. The largest absolute Gasteiger partial charge is 0.481 e. The Labute approximate surface area is 138 Å². The standard InChI is InChI=1S/C16H21NO5S/c1-2-22-14(19)11-6-9-23-13(11)17-12(18)10-16(15(20)21)7-4-3-5-8-16/h6,9H,2-5,7-8,10H2,1H3,(H,17,18)(H,20,21). The molecule has 1 heterocycles. The molecule has 1 aromatic rings. The van der Waals surface area contributed by atoms with Crippen molar-refractivity contribution in [1.29, 1.82) is 0 Å². The lowest BCUT2D eigenvalue weighted by Gasteiger charge is -2.32. The Morgan fingerprint density at radius 3 is 2.61 bits per heavy atom. The maximum Gasteiger partial charge on any atom is 0.341 e. The van der Waals surface area contributed by atoms with Gasteiger partial charge in [-0.1, -0.05) is 19.3 Å². The van der Waals surface area contributed by atoms with Gasteiger partial charge in [0.25, 0.3) is 0 Å². The fraction of sp³-hybridized carbons (Fsp3) is 0.562. The highest BCUT2D eigenvalue weighted by Crippen LogP contribution is 2.40. The van der Waals surface area contributed by atoms with E-state index in [9.17, 15) is 19.5 Å². The summed E-state index contributed by atoms with van der Waals surface area (Å²) in [5.41, 5.74) is -0.679. The molecule has 2 rings (SSSR count). The second-order valence-electron chi connectivity index (χ2n) is 5.75. The summed E-state index contributed by atoms with van der Waals surface area (Å²) >= 11 is 1.22. The monoisotopic (exact) mass is 339 g/mol. The van der Waals surface area contributed by atoms with Gasteiger partial charge in [-0.05, 0) is 31.2 Å². The molecule has 2 N–H and O–H groups in total. The van der Waals surface area contributed by atoms with Crippen LogP contribution >= 0.6 is 11.3 Å². The molecule has 0 atom stereocenters. The molecule has 1 aliphatic rings. The lowest BCUT2D eigenvalue weighted by atomic mass is 9.71. The van der Waals surface area contributed by atoms with Crippen LogP contribution in [0.3, 0.4) is 0 Å². The fourth-order valence-corrected chi connectivity index (χ4v) is 3.74. The Hall–Kier alpha value is -1.89. The number of carbonyl (C=O) groups is 3. The summed E-state index contributed by atoms with van der Waals surface area (Å²) < 4.78 is 4.94. The van der Waals surface area contributed by atoms with Gasteiger partial charge in [-0.15, -0.1) is 11.3 Å². The quantitative estimate of drug-likeness (QED) is 0.776. The minimum atomic E-state index is -0.982. The number of ether oxygens (including phenoxy) is 1. The first-order chi connectivity index (χ1) is 11.0. The Balaban J connectivity index is 2.06. The first-order valence-corrected chi connectivity index (χ1v) is 8.64. The zero-order valence-corrected chi connectivity index (χ0v) is 13.9. The third-order valence-corrected chi connectivity index (χ3v) is 5.01. The maximum absolute atomic E-state index is 12.3. The normalized spacial score (nSPS) is 16.6. The minimum absolute atomic E-state index is 0.0670. The Bertz CT molecular complexity index is 589. The van der Waals surface area contributed by atoms with Crippen molar-refractivity contribution < 1.29 is 24.2 Å². The number of carboxylic acids is 1. The van der Waals surface area contributed by atoms with E-state index in [4.69, 9.17) is 4.74 Å². The molecule has 1 aromatic heterocycles. The number of anilines is 1. The number of rotatable bonds is 6. The van der Waals surface area contributed by atoms with E-state index in [1.165, 1.54) is 11.3 Å².